The van der Waals surface area contributed by atoms with Crippen molar-refractivity contribution in [2.24, 2.45) is 9.98 Å². The second-order valence-corrected chi connectivity index (χ2v) is 38.7. The van der Waals surface area contributed by atoms with Gasteiger partial charge in [0.25, 0.3) is 0 Å². The van der Waals surface area contributed by atoms with Gasteiger partial charge in [0.05, 0.1) is 17.1 Å². The van der Waals surface area contributed by atoms with Crippen LogP contribution in [0.25, 0.3) is 169 Å². The highest BCUT2D eigenvalue weighted by molar-refractivity contribution is 6.13. The average molecular weight is 1790 g/mol. The van der Waals surface area contributed by atoms with Crippen LogP contribution in [0, 0.1) is 0 Å². The predicted molar refractivity (Wildman–Crippen MR) is 560 cm³/mol. The van der Waals surface area contributed by atoms with Crippen molar-refractivity contribution < 1.29 is 0 Å². The second kappa shape index (κ2) is 36.9. The van der Waals surface area contributed by atoms with Crippen molar-refractivity contribution in [3.63, 3.8) is 0 Å². The maximum atomic E-state index is 5.36. The Bertz CT molecular complexity index is 7360. The minimum absolute atomic E-state index is 0.380. The van der Waals surface area contributed by atoms with Gasteiger partial charge in [-0.1, -0.05) is 224 Å². The van der Waals surface area contributed by atoms with Gasteiger partial charge in [-0.05, 0) is 373 Å². The number of fused-ring (bicyclic) bond motifs is 6. The molecule has 0 fully saturated rings. The Kier molecular flexibility index (Phi) is 22.5. The Morgan fingerprint density at radius 3 is 0.725 bits per heavy atom. The third kappa shape index (κ3) is 17.1. The van der Waals surface area contributed by atoms with Crippen LogP contribution in [0.3, 0.4) is 0 Å². The van der Waals surface area contributed by atoms with E-state index in [0.717, 1.165) is 239 Å². The van der Waals surface area contributed by atoms with Crippen LogP contribution in [0.5, 0.6) is 0 Å². The number of aromatic nitrogens is 9. The lowest BCUT2D eigenvalue weighted by molar-refractivity contribution is 0.669. The molecule has 7 aliphatic rings. The van der Waals surface area contributed by atoms with Crippen LogP contribution in [-0.4, -0.2) is 56.5 Å². The molecule has 0 amide bonds. The molecular weight excluding hydrogens is 1680 g/mol. The van der Waals surface area contributed by atoms with Crippen LogP contribution in [0.15, 0.2) is 338 Å². The van der Waals surface area contributed by atoms with Gasteiger partial charge in [0.15, 0.2) is 40.8 Å². The molecule has 1 unspecified atom stereocenters. The molecule has 13 aromatic carbocycles. The number of aryl methyl sites for hydroxylation is 12. The normalized spacial score (nSPS) is 15.3. The number of benzene rings is 13. The Labute approximate surface area is 807 Å². The summed E-state index contributed by atoms with van der Waals surface area (Å²) in [5, 5.41) is 3.77. The van der Waals surface area contributed by atoms with Crippen molar-refractivity contribution in [1.82, 2.24) is 50.2 Å². The van der Waals surface area contributed by atoms with Gasteiger partial charge in [-0.15, -0.1) is 0 Å². The van der Waals surface area contributed by atoms with Crippen LogP contribution in [0.2, 0.25) is 0 Å². The van der Waals surface area contributed by atoms with E-state index in [1.807, 2.05) is 18.6 Å². The molecule has 668 valence electrons. The van der Waals surface area contributed by atoms with E-state index in [9.17, 15) is 0 Å². The number of hydrogen-bond acceptors (Lipinski definition) is 12. The highest BCUT2D eigenvalue weighted by Crippen LogP contribution is 2.46. The SMILES string of the molecule is c1ccc(-c2cc(-c3ccccc3-c3ccc(-c4ccc(-c5nc(-c6ccc7c(c6)CCCC7)nc(-c6ccc7c(c6)CCCC7)n5)cn4)cc3)cc(-c3ccccc3-c3ccc(-c4ccc(C5N=C(c6ccc7c(c6)CCCC7)N=C(c6ccc7c(c6)CCCC7)N5)cn4)cc3)c2)c(-c2ccc(-c3ccc(-c4nc(-c5ccc6c(c5)CCCC6)nc(-c5ccc6c(c5)CCCC6)n4)cn3)cc2)c1. The standard InChI is InChI=1S/C126H104N12/c1-7-25-91-67-97(55-37-79(91)19-1)118-130-119(98-56-38-80-20-2-8-26-92(80)68-98)134-124(133-118)103-61-64-115(127-76-103)88-49-43-85(44-50-88)109-31-13-16-34-112(109)106-73-107(113-35-17-14-32-110(113)86-45-51-89(52-46-86)116-65-62-104(77-128-116)125-135-120(99-57-39-81-21-3-9-27-93(81)69-99)131-121(136-125)100-58-40-82-22-4-10-28-94(82)70-100)75-108(74-106)114-36-18-15-33-111(114)87-47-53-90(54-48-87)117-66-63-105(78-129-117)126-137-122(101-59-41-83-23-5-11-29-95(83)71-101)132-123(138-126)102-60-42-84-24-6-12-30-96(84)72-102/h13-18,31-78,124H,1-12,19-30H2,(H,130,133,134). The number of nitrogens with zero attached hydrogens (tertiary/aromatic N) is 11. The molecule has 12 heteroatoms. The first kappa shape index (κ1) is 84.2. The molecule has 0 saturated carbocycles. The van der Waals surface area contributed by atoms with Crippen LogP contribution in [-0.2, 0) is 77.0 Å². The van der Waals surface area contributed by atoms with Gasteiger partial charge in [0.2, 0.25) is 0 Å². The molecular formula is C126H104N12. The summed E-state index contributed by atoms with van der Waals surface area (Å²) in [7, 11) is 0. The molecule has 6 heterocycles. The van der Waals surface area contributed by atoms with Gasteiger partial charge in [-0.25, -0.2) is 39.9 Å². The molecule has 0 spiro atoms. The van der Waals surface area contributed by atoms with E-state index in [-0.39, 0.29) is 6.17 Å². The number of amidine groups is 2. The first-order chi connectivity index (χ1) is 68.2. The van der Waals surface area contributed by atoms with Crippen LogP contribution in [0.4, 0.5) is 0 Å². The molecule has 6 aliphatic carbocycles. The van der Waals surface area contributed by atoms with E-state index < -0.39 is 0 Å². The van der Waals surface area contributed by atoms with Crippen molar-refractivity contribution in [2.75, 3.05) is 0 Å². The van der Waals surface area contributed by atoms with E-state index in [2.05, 4.69) is 315 Å². The fourth-order valence-electron chi connectivity index (χ4n) is 22.3. The van der Waals surface area contributed by atoms with E-state index in [1.54, 1.807) is 0 Å². The summed E-state index contributed by atoms with van der Waals surface area (Å²) in [5.74, 6) is 5.56. The largest absolute Gasteiger partial charge is 0.344 e. The summed E-state index contributed by atoms with van der Waals surface area (Å²) >= 11 is 0. The number of nitrogens with one attached hydrogen (secondary N) is 1. The summed E-state index contributed by atoms with van der Waals surface area (Å²) in [6.45, 7) is 0. The molecule has 18 aromatic rings. The fraction of sp³-hybridized carbons (Fsp3) is 0.198. The van der Waals surface area contributed by atoms with Gasteiger partial charge in [-0.3, -0.25) is 15.0 Å². The van der Waals surface area contributed by atoms with Gasteiger partial charge in [0.1, 0.15) is 12.0 Å². The Morgan fingerprint density at radius 2 is 0.428 bits per heavy atom. The lowest BCUT2D eigenvalue weighted by atomic mass is 9.86. The monoisotopic (exact) mass is 1780 g/mol. The van der Waals surface area contributed by atoms with Crippen molar-refractivity contribution in [3.8, 4) is 169 Å². The van der Waals surface area contributed by atoms with E-state index in [0.29, 0.717) is 34.9 Å². The molecule has 12 nitrogen and oxygen atoms in total. The quantitative estimate of drug-likeness (QED) is 0.0878. The highest BCUT2D eigenvalue weighted by atomic mass is 15.2. The van der Waals surface area contributed by atoms with E-state index in [4.69, 9.17) is 54.8 Å². The first-order valence-electron chi connectivity index (χ1n) is 50.1. The number of pyridine rings is 3. The molecule has 25 rings (SSSR count). The second-order valence-electron chi connectivity index (χ2n) is 38.7. The molecule has 1 N–H and O–H groups in total. The van der Waals surface area contributed by atoms with Crippen LogP contribution in [0.1, 0.15) is 167 Å². The summed E-state index contributed by atoms with van der Waals surface area (Å²) in [6, 6.07) is 114. The maximum absolute atomic E-state index is 5.36. The van der Waals surface area contributed by atoms with Gasteiger partial charge in [0, 0.05) is 85.4 Å². The van der Waals surface area contributed by atoms with Gasteiger partial charge < -0.3 is 5.32 Å². The highest BCUT2D eigenvalue weighted by Gasteiger charge is 2.28. The Morgan fingerprint density at radius 1 is 0.188 bits per heavy atom. The maximum Gasteiger partial charge on any atom is 0.165 e. The predicted octanol–water partition coefficient (Wildman–Crippen LogP) is 29.0. The average Bonchev–Trinajstić information content (AvgIpc) is 0.775. The fourth-order valence-corrected chi connectivity index (χ4v) is 22.3. The van der Waals surface area contributed by atoms with Crippen molar-refractivity contribution in [3.05, 3.63) is 411 Å². The summed E-state index contributed by atoms with van der Waals surface area (Å²) in [6.07, 6.45) is 33.3. The minimum Gasteiger partial charge on any atom is -0.344 e. The molecule has 1 atom stereocenters. The smallest absolute Gasteiger partial charge is 0.165 e. The Hall–Kier alpha value is -15.5. The third-order valence-corrected chi connectivity index (χ3v) is 29.9. The number of aliphatic imine (C=N–C) groups is 2. The molecule has 5 aromatic heterocycles. The van der Waals surface area contributed by atoms with Gasteiger partial charge in [-0.2, -0.15) is 0 Å². The zero-order chi connectivity index (χ0) is 91.4. The lowest BCUT2D eigenvalue weighted by Crippen LogP contribution is -2.33. The summed E-state index contributed by atoms with van der Waals surface area (Å²) < 4.78 is 0. The summed E-state index contributed by atoms with van der Waals surface area (Å²) in [4.78, 5) is 57.5. The van der Waals surface area contributed by atoms with Crippen LogP contribution < -0.4 is 5.32 Å². The third-order valence-electron chi connectivity index (χ3n) is 29.9. The van der Waals surface area contributed by atoms with Crippen molar-refractivity contribution in [2.45, 2.75) is 160 Å². The zero-order valence-corrected chi connectivity index (χ0v) is 77.6. The first-order valence-corrected chi connectivity index (χ1v) is 50.1. The van der Waals surface area contributed by atoms with Gasteiger partial charge >= 0.3 is 0 Å². The van der Waals surface area contributed by atoms with E-state index in [1.165, 1.54) is 144 Å². The topological polar surface area (TPSA) is 153 Å². The molecule has 1 aliphatic heterocycles. The number of rotatable bonds is 18. The molecule has 0 radical (unpaired) electrons. The van der Waals surface area contributed by atoms with Crippen molar-refractivity contribution in [1.29, 1.82) is 0 Å². The van der Waals surface area contributed by atoms with Crippen LogP contribution >= 0.6 is 0 Å². The molecule has 0 saturated heterocycles. The summed E-state index contributed by atoms with van der Waals surface area (Å²) in [5.41, 5.74) is 44.9. The molecule has 138 heavy (non-hydrogen) atoms. The molecule has 0 bridgehead atoms. The number of hydrogen-bond donors (Lipinski definition) is 1. The Balaban J connectivity index is 0.537. The van der Waals surface area contributed by atoms with E-state index >= 15 is 0 Å². The van der Waals surface area contributed by atoms with Crippen molar-refractivity contribution >= 4 is 11.7 Å². The lowest BCUT2D eigenvalue weighted by Gasteiger charge is -2.25. The zero-order valence-electron chi connectivity index (χ0n) is 77.6. The minimum atomic E-state index is -0.380.